The molecule has 34 heavy (non-hydrogen) atoms. The Kier molecular flexibility index (Phi) is 3.71. The molecule has 0 radical (unpaired) electrons. The molecule has 1 fully saturated rings. The molecule has 1 saturated carbocycles. The molecule has 2 N–H and O–H groups in total. The van der Waals surface area contributed by atoms with Gasteiger partial charge in [0.1, 0.15) is 0 Å². The summed E-state index contributed by atoms with van der Waals surface area (Å²) in [6, 6.07) is 9.15. The largest absolute Gasteiger partial charge is 0.396 e. The number of aromatic nitrogens is 2. The highest BCUT2D eigenvalue weighted by molar-refractivity contribution is 6.24. The summed E-state index contributed by atoms with van der Waals surface area (Å²) < 4.78 is 5.17. The Morgan fingerprint density at radius 2 is 1.97 bits per heavy atom. The van der Waals surface area contributed by atoms with E-state index < -0.39 is 0 Å². The van der Waals surface area contributed by atoms with E-state index in [9.17, 15) is 5.11 Å². The van der Waals surface area contributed by atoms with Crippen LogP contribution in [0.15, 0.2) is 43.5 Å². The van der Waals surface area contributed by atoms with Gasteiger partial charge in [0.2, 0.25) is 0 Å². The number of rotatable bonds is 3. The van der Waals surface area contributed by atoms with E-state index in [0.717, 1.165) is 30.8 Å². The average Bonchev–Trinajstić information content (AvgIpc) is 3.51. The molecule has 2 bridgehead atoms. The van der Waals surface area contributed by atoms with Gasteiger partial charge in [-0.1, -0.05) is 50.4 Å². The van der Waals surface area contributed by atoms with Gasteiger partial charge in [-0.25, -0.2) is 0 Å². The first-order chi connectivity index (χ1) is 16.4. The van der Waals surface area contributed by atoms with Gasteiger partial charge in [-0.2, -0.15) is 0 Å². The molecule has 3 unspecified atom stereocenters. The first-order valence-electron chi connectivity index (χ1n) is 12.4. The first-order valence-corrected chi connectivity index (χ1v) is 12.4. The Morgan fingerprint density at radius 1 is 1.18 bits per heavy atom. The lowest BCUT2D eigenvalue weighted by Crippen LogP contribution is -2.44. The summed E-state index contributed by atoms with van der Waals surface area (Å²) in [7, 11) is 0. The third kappa shape index (κ3) is 1.98. The summed E-state index contributed by atoms with van der Waals surface area (Å²) in [5.74, 6) is 0. The maximum absolute atomic E-state index is 10.8. The number of aliphatic hydroxyl groups is 1. The van der Waals surface area contributed by atoms with Crippen LogP contribution in [-0.2, 0) is 12.1 Å². The summed E-state index contributed by atoms with van der Waals surface area (Å²) in [4.78, 5) is 0. The van der Waals surface area contributed by atoms with Crippen molar-refractivity contribution in [3.8, 4) is 0 Å². The molecule has 0 spiro atoms. The quantitative estimate of drug-likeness (QED) is 0.372. The molecule has 3 atom stereocenters. The van der Waals surface area contributed by atoms with Crippen LogP contribution in [0.3, 0.4) is 0 Å². The number of allylic oxidation sites excluding steroid dienone is 1. The van der Waals surface area contributed by atoms with Crippen molar-refractivity contribution < 1.29 is 5.11 Å². The van der Waals surface area contributed by atoms with Crippen LogP contribution in [-0.4, -0.2) is 20.8 Å². The number of nitrogens with one attached hydrogen (secondary N) is 1. The molecule has 2 aliphatic heterocycles. The normalized spacial score (nSPS) is 27.4. The molecule has 3 aliphatic rings. The molecule has 4 aromatic rings. The molecule has 4 nitrogen and oxygen atoms in total. The van der Waals surface area contributed by atoms with E-state index in [2.05, 4.69) is 84.8 Å². The van der Waals surface area contributed by atoms with E-state index in [-0.39, 0.29) is 17.6 Å². The van der Waals surface area contributed by atoms with E-state index >= 15 is 0 Å². The molecule has 0 saturated heterocycles. The van der Waals surface area contributed by atoms with Gasteiger partial charge >= 0.3 is 0 Å². The van der Waals surface area contributed by atoms with E-state index in [1.165, 1.54) is 49.4 Å². The highest BCUT2D eigenvalue weighted by Crippen LogP contribution is 2.62. The lowest BCUT2D eigenvalue weighted by molar-refractivity contribution is 0.0464. The average molecular weight is 450 g/mol. The first kappa shape index (κ1) is 20.2. The van der Waals surface area contributed by atoms with Crippen LogP contribution in [0.2, 0.25) is 0 Å². The third-order valence-electron chi connectivity index (χ3n) is 9.37. The minimum Gasteiger partial charge on any atom is -0.396 e. The summed E-state index contributed by atoms with van der Waals surface area (Å²) in [5.41, 5.74) is 9.39. The van der Waals surface area contributed by atoms with Crippen LogP contribution in [0.25, 0.3) is 50.6 Å². The maximum Gasteiger partial charge on any atom is 0.0749 e. The molecule has 4 heteroatoms. The van der Waals surface area contributed by atoms with Crippen molar-refractivity contribution in [3.05, 3.63) is 65.9 Å². The van der Waals surface area contributed by atoms with Gasteiger partial charge < -0.3 is 19.6 Å². The number of nitrogens with zero attached hydrogens (tertiary/aromatic N) is 2. The number of benzene rings is 2. The van der Waals surface area contributed by atoms with E-state index in [0.29, 0.717) is 6.04 Å². The Hall–Kier alpha value is -3.24. The minimum atomic E-state index is -0.245. The Morgan fingerprint density at radius 3 is 2.71 bits per heavy atom. The van der Waals surface area contributed by atoms with Crippen molar-refractivity contribution in [2.45, 2.75) is 51.7 Å². The smallest absolute Gasteiger partial charge is 0.0749 e. The second-order valence-corrected chi connectivity index (χ2v) is 10.9. The number of aliphatic hydroxyl groups excluding tert-OH is 1. The van der Waals surface area contributed by atoms with Crippen molar-refractivity contribution in [1.29, 1.82) is 0 Å². The van der Waals surface area contributed by atoms with Crippen molar-refractivity contribution >= 4 is 50.6 Å². The molecule has 1 aliphatic carbocycles. The van der Waals surface area contributed by atoms with Gasteiger partial charge in [0, 0.05) is 62.2 Å². The standard InChI is InChI=1S/C30H31N3O/c1-6-10-19-22(7-2)33-28-25(19)21-15-31-17(3)24(21)26-20-11-8-9-12-23(20)32(27(26)28)18-13-29(4,16-34)30(33,5)14-18/h6-12,18,31,34H,2-3,13-16H2,1,4-5H3/b10-6-. The van der Waals surface area contributed by atoms with E-state index in [1.807, 2.05) is 6.08 Å². The van der Waals surface area contributed by atoms with Crippen molar-refractivity contribution in [1.82, 2.24) is 14.5 Å². The highest BCUT2D eigenvalue weighted by Gasteiger charge is 2.57. The second kappa shape index (κ2) is 6.25. The van der Waals surface area contributed by atoms with Crippen molar-refractivity contribution in [2.24, 2.45) is 5.41 Å². The molecular formula is C30H31N3O. The van der Waals surface area contributed by atoms with Crippen LogP contribution < -0.4 is 5.32 Å². The van der Waals surface area contributed by atoms with Crippen LogP contribution in [0.5, 0.6) is 0 Å². The monoisotopic (exact) mass is 449 g/mol. The van der Waals surface area contributed by atoms with Crippen LogP contribution in [0.4, 0.5) is 0 Å². The van der Waals surface area contributed by atoms with Gasteiger partial charge in [-0.3, -0.25) is 0 Å². The zero-order valence-corrected chi connectivity index (χ0v) is 20.2. The van der Waals surface area contributed by atoms with Crippen LogP contribution in [0, 0.1) is 5.41 Å². The predicted molar refractivity (Wildman–Crippen MR) is 143 cm³/mol. The fraction of sp³-hybridized carbons (Fsp3) is 0.333. The number of fused-ring (bicyclic) bond motifs is 10. The van der Waals surface area contributed by atoms with Gasteiger partial charge in [0.15, 0.2) is 0 Å². The molecular weight excluding hydrogens is 418 g/mol. The Balaban J connectivity index is 1.87. The van der Waals surface area contributed by atoms with E-state index in [4.69, 9.17) is 0 Å². The molecule has 172 valence electrons. The maximum atomic E-state index is 10.8. The van der Waals surface area contributed by atoms with Crippen molar-refractivity contribution in [3.63, 3.8) is 0 Å². The number of para-hydroxylation sites is 1. The van der Waals surface area contributed by atoms with Gasteiger partial charge in [-0.05, 0) is 44.4 Å². The minimum absolute atomic E-state index is 0.163. The fourth-order valence-corrected chi connectivity index (χ4v) is 7.68. The highest BCUT2D eigenvalue weighted by atomic mass is 16.3. The molecule has 4 heterocycles. The van der Waals surface area contributed by atoms with Crippen LogP contribution in [0.1, 0.15) is 62.0 Å². The lowest BCUT2D eigenvalue weighted by Gasteiger charge is -2.42. The summed E-state index contributed by atoms with van der Waals surface area (Å²) >= 11 is 0. The second-order valence-electron chi connectivity index (χ2n) is 10.9. The predicted octanol–water partition coefficient (Wildman–Crippen LogP) is 6.56. The van der Waals surface area contributed by atoms with Crippen molar-refractivity contribution in [2.75, 3.05) is 6.61 Å². The molecule has 7 rings (SSSR count). The SMILES string of the molecule is C=Cc1c(/C=C\C)c2c3c(c4c5ccccc5n5c4c2n1C1(C)CC5CC1(C)CO)C(=C)NC3. The zero-order chi connectivity index (χ0) is 23.6. The Labute approximate surface area is 199 Å². The van der Waals surface area contributed by atoms with Gasteiger partial charge in [0.05, 0.1) is 23.2 Å². The third-order valence-corrected chi connectivity index (χ3v) is 9.37. The van der Waals surface area contributed by atoms with E-state index in [1.54, 1.807) is 0 Å². The summed E-state index contributed by atoms with van der Waals surface area (Å²) in [5, 5.41) is 18.3. The lowest BCUT2D eigenvalue weighted by atomic mass is 9.74. The zero-order valence-electron chi connectivity index (χ0n) is 20.2. The van der Waals surface area contributed by atoms with Gasteiger partial charge in [0.25, 0.3) is 0 Å². The topological polar surface area (TPSA) is 42.1 Å². The van der Waals surface area contributed by atoms with Gasteiger partial charge in [-0.15, -0.1) is 0 Å². The molecule has 0 amide bonds. The number of hydrogen-bond acceptors (Lipinski definition) is 2. The molecule has 2 aromatic heterocycles. The fourth-order valence-electron chi connectivity index (χ4n) is 7.68. The van der Waals surface area contributed by atoms with Crippen LogP contribution >= 0.6 is 0 Å². The summed E-state index contributed by atoms with van der Waals surface area (Å²) in [6.07, 6.45) is 8.32. The Bertz CT molecular complexity index is 1630. The summed E-state index contributed by atoms with van der Waals surface area (Å²) in [6.45, 7) is 16.4. The number of hydrogen-bond donors (Lipinski definition) is 2. The molecule has 2 aromatic carbocycles.